The van der Waals surface area contributed by atoms with Crippen LogP contribution >= 0.6 is 0 Å². The highest BCUT2D eigenvalue weighted by molar-refractivity contribution is 5.95. The maximum atomic E-state index is 12.7. The fraction of sp³-hybridized carbons (Fsp3) is 0.458. The Morgan fingerprint density at radius 2 is 1.74 bits per heavy atom. The van der Waals surface area contributed by atoms with E-state index in [-0.39, 0.29) is 12.1 Å². The highest BCUT2D eigenvalue weighted by Crippen LogP contribution is 2.47. The van der Waals surface area contributed by atoms with Crippen LogP contribution in [-0.2, 0) is 15.3 Å². The minimum absolute atomic E-state index is 0.0629. The van der Waals surface area contributed by atoms with Crippen molar-refractivity contribution in [3.8, 4) is 0 Å². The molecule has 0 radical (unpaired) electrons. The van der Waals surface area contributed by atoms with Crippen molar-refractivity contribution in [3.05, 3.63) is 71.3 Å². The smallest absolute Gasteiger partial charge is 0.341 e. The van der Waals surface area contributed by atoms with Crippen LogP contribution in [-0.4, -0.2) is 12.1 Å². The van der Waals surface area contributed by atoms with Crippen LogP contribution < -0.4 is 0 Å². The Morgan fingerprint density at radius 3 is 2.48 bits per heavy atom. The van der Waals surface area contributed by atoms with Crippen LogP contribution in [0.25, 0.3) is 0 Å². The molecule has 1 heterocycles. The number of carbonyl (C=O) groups is 1. The number of cyclic esters (lactones) is 1. The van der Waals surface area contributed by atoms with Gasteiger partial charge in [0.15, 0.2) is 0 Å². The number of fused-ring (bicyclic) bond motifs is 1. The first-order valence-corrected chi connectivity index (χ1v) is 10.1. The van der Waals surface area contributed by atoms with E-state index in [2.05, 4.69) is 20.8 Å². The zero-order chi connectivity index (χ0) is 19.0. The van der Waals surface area contributed by atoms with Gasteiger partial charge in [-0.3, -0.25) is 0 Å². The molecule has 27 heavy (non-hydrogen) atoms. The molecule has 1 saturated carbocycles. The van der Waals surface area contributed by atoms with Crippen LogP contribution in [0.1, 0.15) is 61.5 Å². The molecule has 0 saturated heterocycles. The van der Waals surface area contributed by atoms with Crippen LogP contribution in [0.4, 0.5) is 0 Å². The van der Waals surface area contributed by atoms with Gasteiger partial charge in [-0.1, -0.05) is 75.7 Å². The van der Waals surface area contributed by atoms with Crippen molar-refractivity contribution in [2.24, 2.45) is 17.8 Å². The average Bonchev–Trinajstić information content (AvgIpc) is 2.96. The summed E-state index contributed by atoms with van der Waals surface area (Å²) in [4.78, 5) is 12.7. The quantitative estimate of drug-likeness (QED) is 0.669. The fourth-order valence-corrected chi connectivity index (χ4v) is 4.68. The number of rotatable bonds is 4. The van der Waals surface area contributed by atoms with E-state index in [4.69, 9.17) is 9.47 Å². The van der Waals surface area contributed by atoms with E-state index in [1.807, 2.05) is 54.6 Å². The topological polar surface area (TPSA) is 35.5 Å². The van der Waals surface area contributed by atoms with E-state index >= 15 is 0 Å². The average molecular weight is 364 g/mol. The molecule has 0 aromatic heterocycles. The monoisotopic (exact) mass is 364 g/mol. The summed E-state index contributed by atoms with van der Waals surface area (Å²) in [5, 5.41) is 0. The Labute approximate surface area is 161 Å². The summed E-state index contributed by atoms with van der Waals surface area (Å²) in [6, 6.07) is 17.5. The van der Waals surface area contributed by atoms with E-state index in [0.717, 1.165) is 24.0 Å². The number of esters is 1. The summed E-state index contributed by atoms with van der Waals surface area (Å²) in [7, 11) is 0. The molecule has 142 valence electrons. The Hall–Kier alpha value is -2.13. The number of ether oxygens (including phenoxy) is 2. The van der Waals surface area contributed by atoms with Crippen molar-refractivity contribution < 1.29 is 14.3 Å². The summed E-state index contributed by atoms with van der Waals surface area (Å²) in [5.41, 5.74) is 2.30. The Morgan fingerprint density at radius 1 is 1.04 bits per heavy atom. The molecule has 3 nitrogen and oxygen atoms in total. The third-order valence-corrected chi connectivity index (χ3v) is 6.17. The van der Waals surface area contributed by atoms with Crippen LogP contribution in [0.5, 0.6) is 0 Å². The molecule has 3 heteroatoms. The number of benzene rings is 2. The molecule has 0 N–H and O–H groups in total. The zero-order valence-corrected chi connectivity index (χ0v) is 16.4. The van der Waals surface area contributed by atoms with Gasteiger partial charge in [-0.25, -0.2) is 4.79 Å². The van der Waals surface area contributed by atoms with Crippen LogP contribution in [0, 0.1) is 17.8 Å². The summed E-state index contributed by atoms with van der Waals surface area (Å²) >= 11 is 0. The van der Waals surface area contributed by atoms with E-state index in [1.165, 1.54) is 6.42 Å². The molecule has 2 aliphatic rings. The summed E-state index contributed by atoms with van der Waals surface area (Å²) < 4.78 is 12.8. The van der Waals surface area contributed by atoms with Gasteiger partial charge < -0.3 is 9.47 Å². The van der Waals surface area contributed by atoms with Crippen LogP contribution in [0.15, 0.2) is 54.6 Å². The molecule has 2 aromatic carbocycles. The number of carbonyl (C=O) groups excluding carboxylic acids is 1. The molecule has 1 aliphatic carbocycles. The molecular weight excluding hydrogens is 336 g/mol. The lowest BCUT2D eigenvalue weighted by molar-refractivity contribution is -0.226. The largest absolute Gasteiger partial charge is 0.420 e. The SMILES string of the molecule is CC(C)[C@H]1CC[C@@H](C)C[C@@H]1O[C@@]1(c2ccccc2)OC(=O)c2ccccc21. The van der Waals surface area contributed by atoms with Gasteiger partial charge in [0.05, 0.1) is 11.7 Å². The van der Waals surface area contributed by atoms with Gasteiger partial charge in [-0.15, -0.1) is 0 Å². The van der Waals surface area contributed by atoms with Crippen molar-refractivity contribution in [3.63, 3.8) is 0 Å². The van der Waals surface area contributed by atoms with Crippen molar-refractivity contribution >= 4 is 5.97 Å². The minimum Gasteiger partial charge on any atom is -0.420 e. The van der Waals surface area contributed by atoms with Gasteiger partial charge in [-0.05, 0) is 36.7 Å². The summed E-state index contributed by atoms with van der Waals surface area (Å²) in [6.07, 6.45) is 3.45. The Bertz CT molecular complexity index is 813. The number of hydrogen-bond donors (Lipinski definition) is 0. The Kier molecular flexibility index (Phi) is 4.81. The fourth-order valence-electron chi connectivity index (χ4n) is 4.68. The normalized spacial score (nSPS) is 30.2. The first kappa shape index (κ1) is 18.2. The minimum atomic E-state index is -1.15. The van der Waals surface area contributed by atoms with Crippen LogP contribution in [0.3, 0.4) is 0 Å². The molecular formula is C24H28O3. The third-order valence-electron chi connectivity index (χ3n) is 6.17. The van der Waals surface area contributed by atoms with Gasteiger partial charge in [0.25, 0.3) is 5.79 Å². The van der Waals surface area contributed by atoms with Gasteiger partial charge >= 0.3 is 5.97 Å². The second-order valence-corrected chi connectivity index (χ2v) is 8.40. The second-order valence-electron chi connectivity index (χ2n) is 8.40. The molecule has 0 spiro atoms. The van der Waals surface area contributed by atoms with E-state index < -0.39 is 5.79 Å². The lowest BCUT2D eigenvalue weighted by Crippen LogP contribution is -2.42. The van der Waals surface area contributed by atoms with Crippen molar-refractivity contribution in [2.75, 3.05) is 0 Å². The lowest BCUT2D eigenvalue weighted by Gasteiger charge is -2.42. The van der Waals surface area contributed by atoms with Gasteiger partial charge in [0.2, 0.25) is 0 Å². The van der Waals surface area contributed by atoms with Crippen molar-refractivity contribution in [2.45, 2.75) is 51.9 Å². The standard InChI is InChI=1S/C24H28O3/c1-16(2)19-14-13-17(3)15-22(19)26-24(18-9-5-4-6-10-18)21-12-8-7-11-20(21)23(25)27-24/h4-12,16-17,19,22H,13-15H2,1-3H3/t17-,19-,22+,24+/m1/s1. The molecule has 4 rings (SSSR count). The maximum Gasteiger partial charge on any atom is 0.341 e. The molecule has 0 amide bonds. The molecule has 2 aromatic rings. The third kappa shape index (κ3) is 3.19. The molecule has 0 bridgehead atoms. The number of hydrogen-bond acceptors (Lipinski definition) is 3. The summed E-state index contributed by atoms with van der Waals surface area (Å²) in [6.45, 7) is 6.82. The van der Waals surface area contributed by atoms with E-state index in [9.17, 15) is 4.79 Å². The van der Waals surface area contributed by atoms with Gasteiger partial charge in [-0.2, -0.15) is 0 Å². The van der Waals surface area contributed by atoms with E-state index in [1.54, 1.807) is 0 Å². The maximum absolute atomic E-state index is 12.7. The van der Waals surface area contributed by atoms with E-state index in [0.29, 0.717) is 23.3 Å². The lowest BCUT2D eigenvalue weighted by atomic mass is 9.75. The zero-order valence-electron chi connectivity index (χ0n) is 16.4. The first-order valence-electron chi connectivity index (χ1n) is 10.1. The highest BCUT2D eigenvalue weighted by atomic mass is 16.7. The van der Waals surface area contributed by atoms with Crippen molar-refractivity contribution in [1.29, 1.82) is 0 Å². The van der Waals surface area contributed by atoms with Gasteiger partial charge in [0, 0.05) is 11.1 Å². The molecule has 0 unspecified atom stereocenters. The predicted octanol–water partition coefficient (Wildman–Crippen LogP) is 5.54. The van der Waals surface area contributed by atoms with Gasteiger partial charge in [0.1, 0.15) is 0 Å². The molecule has 1 aliphatic heterocycles. The molecule has 4 atom stereocenters. The second kappa shape index (κ2) is 7.12. The molecule has 1 fully saturated rings. The predicted molar refractivity (Wildman–Crippen MR) is 105 cm³/mol. The summed E-state index contributed by atoms with van der Waals surface area (Å²) in [5.74, 6) is 0.157. The highest BCUT2D eigenvalue weighted by Gasteiger charge is 2.51. The Balaban J connectivity index is 1.80. The first-order chi connectivity index (χ1) is 13.0. The van der Waals surface area contributed by atoms with Crippen LogP contribution in [0.2, 0.25) is 0 Å². The van der Waals surface area contributed by atoms with Crippen molar-refractivity contribution in [1.82, 2.24) is 0 Å².